The summed E-state index contributed by atoms with van der Waals surface area (Å²) in [4.78, 5) is 16.6. The third-order valence-corrected chi connectivity index (χ3v) is 6.48. The molecule has 0 amide bonds. The summed E-state index contributed by atoms with van der Waals surface area (Å²) < 4.78 is 21.7. The molecule has 4 aromatic rings. The van der Waals surface area contributed by atoms with Gasteiger partial charge in [0, 0.05) is 28.2 Å². The standard InChI is InChI=1S/C24H25FN4O3/c1-13(2)21-19(14-8-9-24(3,23(30)31)32-12-14)20-18(10-15-11-26-28-22(15)27-20)29(21)17-6-4-16(25)5-7-17/h4-7,10-11,13-14H,8-9,12H2,1-3H3,(H,30,31)(H,26,27,28)/t14?,24-/m1/s1. The summed E-state index contributed by atoms with van der Waals surface area (Å²) in [6.07, 6.45) is 2.83. The summed E-state index contributed by atoms with van der Waals surface area (Å²) in [6, 6.07) is 8.49. The van der Waals surface area contributed by atoms with Gasteiger partial charge in [0.2, 0.25) is 0 Å². The van der Waals surface area contributed by atoms with Crippen molar-refractivity contribution in [3.8, 4) is 5.69 Å². The summed E-state index contributed by atoms with van der Waals surface area (Å²) in [7, 11) is 0. The van der Waals surface area contributed by atoms with Crippen molar-refractivity contribution in [3.05, 3.63) is 53.6 Å². The van der Waals surface area contributed by atoms with Crippen LogP contribution in [0, 0.1) is 5.82 Å². The zero-order chi connectivity index (χ0) is 22.6. The molecule has 4 heterocycles. The number of aromatic nitrogens is 4. The Balaban J connectivity index is 1.75. The van der Waals surface area contributed by atoms with E-state index in [1.165, 1.54) is 12.1 Å². The predicted molar refractivity (Wildman–Crippen MR) is 119 cm³/mol. The second-order valence-electron chi connectivity index (χ2n) is 9.01. The Morgan fingerprint density at radius 1 is 1.34 bits per heavy atom. The molecule has 1 saturated heterocycles. The van der Waals surface area contributed by atoms with Gasteiger partial charge < -0.3 is 14.4 Å². The van der Waals surface area contributed by atoms with Gasteiger partial charge in [-0.3, -0.25) is 5.10 Å². The topological polar surface area (TPSA) is 93.0 Å². The van der Waals surface area contributed by atoms with Crippen molar-refractivity contribution in [1.82, 2.24) is 19.7 Å². The molecule has 1 aromatic carbocycles. The van der Waals surface area contributed by atoms with Gasteiger partial charge in [0.15, 0.2) is 11.2 Å². The molecule has 166 valence electrons. The minimum Gasteiger partial charge on any atom is -0.479 e. The lowest BCUT2D eigenvalue weighted by Crippen LogP contribution is -2.43. The summed E-state index contributed by atoms with van der Waals surface area (Å²) in [5.74, 6) is -1.09. The molecule has 0 spiro atoms. The van der Waals surface area contributed by atoms with Crippen molar-refractivity contribution >= 4 is 28.0 Å². The molecule has 1 aliphatic rings. The lowest BCUT2D eigenvalue weighted by molar-refractivity contribution is -0.170. The molecule has 5 rings (SSSR count). The van der Waals surface area contributed by atoms with E-state index in [4.69, 9.17) is 9.72 Å². The number of nitrogens with zero attached hydrogens (tertiary/aromatic N) is 3. The molecule has 7 nitrogen and oxygen atoms in total. The average molecular weight is 436 g/mol. The molecule has 0 saturated carbocycles. The van der Waals surface area contributed by atoms with Gasteiger partial charge in [0.05, 0.1) is 23.8 Å². The Morgan fingerprint density at radius 3 is 2.72 bits per heavy atom. The van der Waals surface area contributed by atoms with Crippen molar-refractivity contribution in [2.24, 2.45) is 0 Å². The van der Waals surface area contributed by atoms with Crippen LogP contribution >= 0.6 is 0 Å². The van der Waals surface area contributed by atoms with Gasteiger partial charge in [-0.05, 0) is 56.0 Å². The molecule has 1 unspecified atom stereocenters. The minimum absolute atomic E-state index is 0.00288. The maximum atomic E-state index is 13.7. The number of H-pyrrole nitrogens is 1. The number of carbonyl (C=O) groups is 1. The minimum atomic E-state index is -1.17. The van der Waals surface area contributed by atoms with E-state index in [-0.39, 0.29) is 17.7 Å². The maximum absolute atomic E-state index is 13.7. The molecule has 0 bridgehead atoms. The van der Waals surface area contributed by atoms with E-state index >= 15 is 0 Å². The maximum Gasteiger partial charge on any atom is 0.335 e. The van der Waals surface area contributed by atoms with Crippen LogP contribution < -0.4 is 0 Å². The smallest absolute Gasteiger partial charge is 0.335 e. The fraction of sp³-hybridized carbons (Fsp3) is 0.375. The number of hydrogen-bond acceptors (Lipinski definition) is 4. The van der Waals surface area contributed by atoms with Crippen LogP contribution in [0.25, 0.3) is 27.8 Å². The van der Waals surface area contributed by atoms with E-state index in [9.17, 15) is 14.3 Å². The number of benzene rings is 1. The van der Waals surface area contributed by atoms with E-state index in [0.29, 0.717) is 25.1 Å². The van der Waals surface area contributed by atoms with E-state index < -0.39 is 11.6 Å². The monoisotopic (exact) mass is 436 g/mol. The van der Waals surface area contributed by atoms with Crippen LogP contribution in [0.1, 0.15) is 56.7 Å². The van der Waals surface area contributed by atoms with Gasteiger partial charge in [0.1, 0.15) is 5.82 Å². The number of hydrogen-bond donors (Lipinski definition) is 2. The molecular formula is C24H25FN4O3. The van der Waals surface area contributed by atoms with Gasteiger partial charge in [-0.15, -0.1) is 0 Å². The first-order valence-electron chi connectivity index (χ1n) is 10.8. The van der Waals surface area contributed by atoms with Crippen molar-refractivity contribution in [2.75, 3.05) is 6.61 Å². The van der Waals surface area contributed by atoms with Crippen LogP contribution in [0.3, 0.4) is 0 Å². The molecular weight excluding hydrogens is 411 g/mol. The number of aromatic amines is 1. The van der Waals surface area contributed by atoms with Crippen molar-refractivity contribution in [2.45, 2.75) is 51.0 Å². The number of pyridine rings is 1. The SMILES string of the molecule is CC(C)c1c(C2CC[C@](C)(C(=O)O)OC2)c2nc3[nH]ncc3cc2n1-c1ccc(F)cc1. The number of halogens is 1. The third kappa shape index (κ3) is 3.17. The summed E-state index contributed by atoms with van der Waals surface area (Å²) >= 11 is 0. The zero-order valence-corrected chi connectivity index (χ0v) is 18.2. The first-order valence-corrected chi connectivity index (χ1v) is 10.8. The first kappa shape index (κ1) is 20.6. The molecule has 8 heteroatoms. The lowest BCUT2D eigenvalue weighted by Gasteiger charge is -2.35. The van der Waals surface area contributed by atoms with E-state index in [2.05, 4.69) is 28.6 Å². The highest BCUT2D eigenvalue weighted by Crippen LogP contribution is 2.43. The van der Waals surface area contributed by atoms with Gasteiger partial charge in [-0.25, -0.2) is 14.2 Å². The largest absolute Gasteiger partial charge is 0.479 e. The molecule has 1 aliphatic heterocycles. The van der Waals surface area contributed by atoms with Crippen molar-refractivity contribution in [1.29, 1.82) is 0 Å². The Labute approximate surface area is 184 Å². The number of aliphatic carboxylic acids is 1. The number of carboxylic acids is 1. The number of ether oxygens (including phenoxy) is 1. The second-order valence-corrected chi connectivity index (χ2v) is 9.01. The van der Waals surface area contributed by atoms with Gasteiger partial charge in [-0.1, -0.05) is 13.8 Å². The molecule has 2 atom stereocenters. The molecule has 1 fully saturated rings. The second kappa shape index (κ2) is 7.41. The molecule has 32 heavy (non-hydrogen) atoms. The van der Waals surface area contributed by atoms with Gasteiger partial charge >= 0.3 is 5.97 Å². The Morgan fingerprint density at radius 2 is 2.09 bits per heavy atom. The number of fused-ring (bicyclic) bond motifs is 2. The zero-order valence-electron chi connectivity index (χ0n) is 18.2. The Bertz CT molecular complexity index is 1310. The quantitative estimate of drug-likeness (QED) is 0.475. The average Bonchev–Trinajstić information content (AvgIpc) is 3.35. The van der Waals surface area contributed by atoms with Crippen molar-refractivity contribution in [3.63, 3.8) is 0 Å². The van der Waals surface area contributed by atoms with Crippen LogP contribution in [0.2, 0.25) is 0 Å². The lowest BCUT2D eigenvalue weighted by atomic mass is 9.84. The van der Waals surface area contributed by atoms with Crippen LogP contribution in [0.5, 0.6) is 0 Å². The van der Waals surface area contributed by atoms with Gasteiger partial charge in [0.25, 0.3) is 0 Å². The molecule has 2 N–H and O–H groups in total. The van der Waals surface area contributed by atoms with E-state index in [0.717, 1.165) is 33.4 Å². The fourth-order valence-electron chi connectivity index (χ4n) is 4.73. The molecule has 0 radical (unpaired) electrons. The number of nitrogens with one attached hydrogen (secondary N) is 1. The summed E-state index contributed by atoms with van der Waals surface area (Å²) in [5, 5.41) is 17.5. The molecule has 3 aromatic heterocycles. The van der Waals surface area contributed by atoms with Crippen molar-refractivity contribution < 1.29 is 19.0 Å². The number of carboxylic acid groups (broad SMARTS) is 1. The number of rotatable bonds is 4. The highest BCUT2D eigenvalue weighted by molar-refractivity contribution is 5.93. The summed E-state index contributed by atoms with van der Waals surface area (Å²) in [5.41, 5.74) is 4.25. The molecule has 0 aliphatic carbocycles. The Hall–Kier alpha value is -3.26. The summed E-state index contributed by atoms with van der Waals surface area (Å²) in [6.45, 7) is 6.17. The predicted octanol–water partition coefficient (Wildman–Crippen LogP) is 4.90. The van der Waals surface area contributed by atoms with Crippen LogP contribution in [-0.4, -0.2) is 43.0 Å². The van der Waals surface area contributed by atoms with E-state index in [1.54, 1.807) is 25.3 Å². The van der Waals surface area contributed by atoms with Gasteiger partial charge in [-0.2, -0.15) is 5.10 Å². The fourth-order valence-corrected chi connectivity index (χ4v) is 4.73. The van der Waals surface area contributed by atoms with Crippen LogP contribution in [0.4, 0.5) is 4.39 Å². The van der Waals surface area contributed by atoms with Crippen LogP contribution in [-0.2, 0) is 9.53 Å². The highest BCUT2D eigenvalue weighted by Gasteiger charge is 2.41. The highest BCUT2D eigenvalue weighted by atomic mass is 19.1. The van der Waals surface area contributed by atoms with E-state index in [1.807, 2.05) is 6.07 Å². The Kier molecular flexibility index (Phi) is 4.78. The third-order valence-electron chi connectivity index (χ3n) is 6.48. The van der Waals surface area contributed by atoms with Crippen LogP contribution in [0.15, 0.2) is 36.5 Å². The normalized spacial score (nSPS) is 21.6. The first-order chi connectivity index (χ1) is 15.3.